The number of carboxylic acids is 1. The fraction of sp³-hybridized carbons (Fsp3) is 0.462. The van der Waals surface area contributed by atoms with Crippen LogP contribution in [0.4, 0.5) is 0 Å². The fourth-order valence-electron chi connectivity index (χ4n) is 1.87. The lowest BCUT2D eigenvalue weighted by molar-refractivity contribution is 0.00578. The second kappa shape index (κ2) is 4.54. The molecule has 1 N–H and O–H groups in total. The molecule has 19 heavy (non-hydrogen) atoms. The Morgan fingerprint density at radius 1 is 1.16 bits per heavy atom. The number of hydrogen-bond acceptors (Lipinski definition) is 4. The van der Waals surface area contributed by atoms with E-state index in [2.05, 4.69) is 12.6 Å². The Labute approximate surface area is 118 Å². The molecule has 1 fully saturated rings. The predicted molar refractivity (Wildman–Crippen MR) is 76.4 cm³/mol. The molecule has 4 nitrogen and oxygen atoms in total. The molecule has 1 saturated heterocycles. The molecule has 0 unspecified atom stereocenters. The first-order valence-electron chi connectivity index (χ1n) is 6.05. The van der Waals surface area contributed by atoms with Gasteiger partial charge in [-0.2, -0.15) is 0 Å². The van der Waals surface area contributed by atoms with E-state index in [1.165, 1.54) is 6.07 Å². The molecular formula is C13H17BO4S. The Morgan fingerprint density at radius 3 is 2.16 bits per heavy atom. The maximum Gasteiger partial charge on any atom is 0.494 e. The molecule has 0 atom stereocenters. The minimum atomic E-state index is -0.992. The van der Waals surface area contributed by atoms with E-state index in [0.717, 1.165) is 0 Å². The van der Waals surface area contributed by atoms with Crippen LogP contribution < -0.4 is 5.46 Å². The second-order valence-electron chi connectivity index (χ2n) is 5.71. The normalized spacial score (nSPS) is 20.6. The van der Waals surface area contributed by atoms with Gasteiger partial charge in [0.2, 0.25) is 0 Å². The topological polar surface area (TPSA) is 55.8 Å². The van der Waals surface area contributed by atoms with Crippen LogP contribution in [-0.2, 0) is 9.31 Å². The van der Waals surface area contributed by atoms with Crippen molar-refractivity contribution in [3.05, 3.63) is 23.8 Å². The highest BCUT2D eigenvalue weighted by atomic mass is 32.1. The Kier molecular flexibility index (Phi) is 3.45. The molecule has 1 heterocycles. The number of carboxylic acid groups (broad SMARTS) is 1. The second-order valence-corrected chi connectivity index (χ2v) is 6.22. The van der Waals surface area contributed by atoms with E-state index in [9.17, 15) is 4.79 Å². The summed E-state index contributed by atoms with van der Waals surface area (Å²) >= 11 is 4.22. The molecule has 6 heteroatoms. The zero-order valence-electron chi connectivity index (χ0n) is 11.4. The van der Waals surface area contributed by atoms with Gasteiger partial charge in [-0.05, 0) is 51.4 Å². The molecule has 2 rings (SSSR count). The van der Waals surface area contributed by atoms with Crippen molar-refractivity contribution in [1.82, 2.24) is 0 Å². The summed E-state index contributed by atoms with van der Waals surface area (Å²) in [6.07, 6.45) is 0. The molecule has 0 aliphatic carbocycles. The third-order valence-corrected chi connectivity index (χ3v) is 3.97. The molecule has 0 amide bonds. The van der Waals surface area contributed by atoms with E-state index < -0.39 is 24.3 Å². The van der Waals surface area contributed by atoms with Crippen LogP contribution in [0.2, 0.25) is 0 Å². The van der Waals surface area contributed by atoms with E-state index in [4.69, 9.17) is 14.4 Å². The summed E-state index contributed by atoms with van der Waals surface area (Å²) < 4.78 is 11.8. The number of carbonyl (C=O) groups is 1. The molecule has 0 bridgehead atoms. The van der Waals surface area contributed by atoms with Crippen LogP contribution in [-0.4, -0.2) is 29.4 Å². The van der Waals surface area contributed by atoms with Gasteiger partial charge in [0.15, 0.2) is 0 Å². The molecule has 102 valence electrons. The van der Waals surface area contributed by atoms with Gasteiger partial charge >= 0.3 is 13.1 Å². The maximum atomic E-state index is 11.1. The van der Waals surface area contributed by atoms with Crippen LogP contribution in [0, 0.1) is 0 Å². The lowest BCUT2D eigenvalue weighted by Gasteiger charge is -2.32. The van der Waals surface area contributed by atoms with Crippen LogP contribution in [0.1, 0.15) is 38.1 Å². The van der Waals surface area contributed by atoms with E-state index in [0.29, 0.717) is 10.4 Å². The minimum Gasteiger partial charge on any atom is -0.478 e. The molecule has 1 aliphatic heterocycles. The van der Waals surface area contributed by atoms with Gasteiger partial charge in [0, 0.05) is 4.90 Å². The van der Waals surface area contributed by atoms with Crippen molar-refractivity contribution in [2.24, 2.45) is 0 Å². The highest BCUT2D eigenvalue weighted by molar-refractivity contribution is 7.80. The van der Waals surface area contributed by atoms with E-state index in [1.54, 1.807) is 12.1 Å². The highest BCUT2D eigenvalue weighted by Crippen LogP contribution is 2.36. The first kappa shape index (κ1) is 14.4. The van der Waals surface area contributed by atoms with Gasteiger partial charge in [-0.3, -0.25) is 0 Å². The Balaban J connectivity index is 2.37. The van der Waals surface area contributed by atoms with Gasteiger partial charge in [-0.25, -0.2) is 4.79 Å². The van der Waals surface area contributed by atoms with Crippen molar-refractivity contribution < 1.29 is 19.2 Å². The van der Waals surface area contributed by atoms with E-state index in [-0.39, 0.29) is 5.56 Å². The van der Waals surface area contributed by atoms with Crippen molar-refractivity contribution in [3.63, 3.8) is 0 Å². The van der Waals surface area contributed by atoms with E-state index in [1.807, 2.05) is 27.7 Å². The summed E-state index contributed by atoms with van der Waals surface area (Å²) in [5.74, 6) is -0.992. The standard InChI is InChI=1S/C13H17BO4S/c1-12(2)13(3,4)18-14(17-12)9-5-8(11(15)16)6-10(19)7-9/h5-7,19H,1-4H3,(H,15,16). The van der Waals surface area contributed by atoms with Gasteiger partial charge in [-0.15, -0.1) is 12.6 Å². The van der Waals surface area contributed by atoms with Crippen LogP contribution >= 0.6 is 12.6 Å². The summed E-state index contributed by atoms with van der Waals surface area (Å²) in [7, 11) is -0.574. The van der Waals surface area contributed by atoms with Gasteiger partial charge < -0.3 is 14.4 Å². The molecule has 0 aromatic heterocycles. The number of hydrogen-bond donors (Lipinski definition) is 2. The monoisotopic (exact) mass is 280 g/mol. The lowest BCUT2D eigenvalue weighted by Crippen LogP contribution is -2.41. The van der Waals surface area contributed by atoms with Crippen LogP contribution in [0.15, 0.2) is 23.1 Å². The fourth-order valence-corrected chi connectivity index (χ4v) is 2.16. The summed E-state index contributed by atoms with van der Waals surface area (Å²) in [5, 5.41) is 9.07. The van der Waals surface area contributed by atoms with Crippen molar-refractivity contribution in [2.75, 3.05) is 0 Å². The third kappa shape index (κ3) is 2.66. The van der Waals surface area contributed by atoms with E-state index >= 15 is 0 Å². The number of rotatable bonds is 2. The van der Waals surface area contributed by atoms with Crippen molar-refractivity contribution >= 4 is 31.2 Å². The maximum absolute atomic E-state index is 11.1. The van der Waals surface area contributed by atoms with Gasteiger partial charge in [0.25, 0.3) is 0 Å². The number of aromatic carboxylic acids is 1. The van der Waals surface area contributed by atoms with Gasteiger partial charge in [0.05, 0.1) is 16.8 Å². The first-order chi connectivity index (χ1) is 8.62. The summed E-state index contributed by atoms with van der Waals surface area (Å²) in [5.41, 5.74) is -0.0535. The minimum absolute atomic E-state index is 0.178. The van der Waals surface area contributed by atoms with Gasteiger partial charge in [-0.1, -0.05) is 0 Å². The van der Waals surface area contributed by atoms with Crippen molar-refractivity contribution in [1.29, 1.82) is 0 Å². The average Bonchev–Trinajstić information content (AvgIpc) is 2.47. The molecule has 0 saturated carbocycles. The van der Waals surface area contributed by atoms with Crippen molar-refractivity contribution in [2.45, 2.75) is 43.8 Å². The first-order valence-corrected chi connectivity index (χ1v) is 6.50. The smallest absolute Gasteiger partial charge is 0.478 e. The zero-order valence-corrected chi connectivity index (χ0v) is 12.3. The molecule has 1 aromatic rings. The number of thiol groups is 1. The molecule has 1 aromatic carbocycles. The Hall–Kier alpha value is -0.975. The summed E-state index contributed by atoms with van der Waals surface area (Å²) in [4.78, 5) is 11.6. The Morgan fingerprint density at radius 2 is 1.68 bits per heavy atom. The van der Waals surface area contributed by atoms with Crippen LogP contribution in [0.25, 0.3) is 0 Å². The van der Waals surface area contributed by atoms with Gasteiger partial charge in [0.1, 0.15) is 0 Å². The van der Waals surface area contributed by atoms with Crippen LogP contribution in [0.3, 0.4) is 0 Å². The van der Waals surface area contributed by atoms with Crippen molar-refractivity contribution in [3.8, 4) is 0 Å². The average molecular weight is 280 g/mol. The summed E-state index contributed by atoms with van der Waals surface area (Å²) in [6, 6.07) is 4.82. The summed E-state index contributed by atoms with van der Waals surface area (Å²) in [6.45, 7) is 7.82. The highest BCUT2D eigenvalue weighted by Gasteiger charge is 2.51. The zero-order chi connectivity index (χ0) is 14.4. The van der Waals surface area contributed by atoms with Crippen LogP contribution in [0.5, 0.6) is 0 Å². The predicted octanol–water partition coefficient (Wildman–Crippen LogP) is 1.97. The third-order valence-electron chi connectivity index (χ3n) is 3.71. The quantitative estimate of drug-likeness (QED) is 0.642. The molecule has 0 radical (unpaired) electrons. The lowest BCUT2D eigenvalue weighted by atomic mass is 9.78. The molecule has 0 spiro atoms. The molecule has 1 aliphatic rings. The molecular weight excluding hydrogens is 263 g/mol. The largest absolute Gasteiger partial charge is 0.494 e. The SMILES string of the molecule is CC1(C)OB(c2cc(S)cc(C(=O)O)c2)OC1(C)C. The Bertz CT molecular complexity index is 511. The number of benzene rings is 1.